The summed E-state index contributed by atoms with van der Waals surface area (Å²) in [5.74, 6) is -1.03. The van der Waals surface area contributed by atoms with E-state index in [0.717, 1.165) is 0 Å². The first-order valence-corrected chi connectivity index (χ1v) is 5.39. The first kappa shape index (κ1) is 12.0. The second kappa shape index (κ2) is 5.27. The van der Waals surface area contributed by atoms with Gasteiger partial charge < -0.3 is 11.1 Å². The maximum absolute atomic E-state index is 13.5. The molecule has 0 saturated heterocycles. The fraction of sp³-hybridized carbons (Fsp3) is 0.0769. The number of nitrogens with zero attached hydrogens (tertiary/aromatic N) is 1. The number of pyridine rings is 1. The summed E-state index contributed by atoms with van der Waals surface area (Å²) < 4.78 is 13.5. The number of halogens is 1. The Morgan fingerprint density at radius 3 is 2.67 bits per heavy atom. The summed E-state index contributed by atoms with van der Waals surface area (Å²) in [7, 11) is 0. The van der Waals surface area contributed by atoms with Crippen molar-refractivity contribution in [3.8, 4) is 0 Å². The Hall–Kier alpha value is -2.43. The first-order chi connectivity index (χ1) is 8.68. The summed E-state index contributed by atoms with van der Waals surface area (Å²) in [4.78, 5) is 15.3. The Morgan fingerprint density at radius 1 is 1.28 bits per heavy atom. The van der Waals surface area contributed by atoms with E-state index in [0.29, 0.717) is 5.56 Å². The van der Waals surface area contributed by atoms with Crippen LogP contribution < -0.4 is 11.1 Å². The smallest absolute Gasteiger partial charge is 0.244 e. The third-order valence-corrected chi connectivity index (χ3v) is 2.48. The van der Waals surface area contributed by atoms with Crippen molar-refractivity contribution >= 4 is 11.6 Å². The second-order valence-electron chi connectivity index (χ2n) is 3.75. The SMILES string of the molecule is NC(=O)C(Nc1ccccc1F)c1cccnc1. The fourth-order valence-corrected chi connectivity index (χ4v) is 1.60. The summed E-state index contributed by atoms with van der Waals surface area (Å²) in [6, 6.07) is 8.68. The molecule has 0 spiro atoms. The third-order valence-electron chi connectivity index (χ3n) is 2.48. The van der Waals surface area contributed by atoms with Crippen molar-refractivity contribution in [2.75, 3.05) is 5.32 Å². The van der Waals surface area contributed by atoms with E-state index in [4.69, 9.17) is 5.73 Å². The Labute approximate surface area is 104 Å². The van der Waals surface area contributed by atoms with E-state index in [1.54, 1.807) is 36.5 Å². The molecule has 92 valence electrons. The van der Waals surface area contributed by atoms with Gasteiger partial charge >= 0.3 is 0 Å². The highest BCUT2D eigenvalue weighted by atomic mass is 19.1. The molecule has 0 fully saturated rings. The highest BCUT2D eigenvalue weighted by Gasteiger charge is 2.18. The highest BCUT2D eigenvalue weighted by Crippen LogP contribution is 2.20. The molecule has 3 N–H and O–H groups in total. The zero-order valence-corrected chi connectivity index (χ0v) is 9.51. The normalized spacial score (nSPS) is 11.8. The molecular formula is C13H12FN3O. The predicted octanol–water partition coefficient (Wildman–Crippen LogP) is 1.86. The average Bonchev–Trinajstić information content (AvgIpc) is 2.38. The van der Waals surface area contributed by atoms with Crippen molar-refractivity contribution in [3.63, 3.8) is 0 Å². The summed E-state index contributed by atoms with van der Waals surface area (Å²) in [5.41, 5.74) is 6.13. The van der Waals surface area contributed by atoms with Gasteiger partial charge in [-0.3, -0.25) is 9.78 Å². The molecule has 0 aliphatic heterocycles. The number of hydrogen-bond donors (Lipinski definition) is 2. The lowest BCUT2D eigenvalue weighted by atomic mass is 10.1. The van der Waals surface area contributed by atoms with Gasteiger partial charge in [-0.2, -0.15) is 0 Å². The number of carbonyl (C=O) groups excluding carboxylic acids is 1. The monoisotopic (exact) mass is 245 g/mol. The molecule has 0 aliphatic carbocycles. The lowest BCUT2D eigenvalue weighted by Gasteiger charge is -2.17. The third kappa shape index (κ3) is 2.63. The zero-order chi connectivity index (χ0) is 13.0. The molecule has 5 heteroatoms. The summed E-state index contributed by atoms with van der Waals surface area (Å²) in [6.45, 7) is 0. The number of nitrogens with one attached hydrogen (secondary N) is 1. The maximum atomic E-state index is 13.5. The van der Waals surface area contributed by atoms with Gasteiger partial charge in [0, 0.05) is 18.0 Å². The molecule has 1 heterocycles. The largest absolute Gasteiger partial charge is 0.368 e. The van der Waals surface area contributed by atoms with Gasteiger partial charge in [-0.15, -0.1) is 0 Å². The quantitative estimate of drug-likeness (QED) is 0.863. The minimum atomic E-state index is -0.810. The van der Waals surface area contributed by atoms with Gasteiger partial charge in [0.2, 0.25) is 5.91 Å². The second-order valence-corrected chi connectivity index (χ2v) is 3.75. The van der Waals surface area contributed by atoms with Crippen LogP contribution in [0.25, 0.3) is 0 Å². The van der Waals surface area contributed by atoms with Crippen molar-refractivity contribution in [2.24, 2.45) is 5.73 Å². The van der Waals surface area contributed by atoms with Crippen molar-refractivity contribution in [3.05, 3.63) is 60.2 Å². The van der Waals surface area contributed by atoms with Crippen molar-refractivity contribution in [1.29, 1.82) is 0 Å². The minimum Gasteiger partial charge on any atom is -0.368 e. The summed E-state index contributed by atoms with van der Waals surface area (Å²) in [5, 5.41) is 2.77. The van der Waals surface area contributed by atoms with Gasteiger partial charge in [-0.05, 0) is 18.2 Å². The van der Waals surface area contributed by atoms with Gasteiger partial charge in [0.05, 0.1) is 5.69 Å². The molecule has 2 rings (SSSR count). The number of anilines is 1. The van der Waals surface area contributed by atoms with Crippen LogP contribution >= 0.6 is 0 Å². The number of hydrogen-bond acceptors (Lipinski definition) is 3. The maximum Gasteiger partial charge on any atom is 0.244 e. The number of nitrogens with two attached hydrogens (primary N) is 1. The van der Waals surface area contributed by atoms with Gasteiger partial charge in [-0.1, -0.05) is 18.2 Å². The van der Waals surface area contributed by atoms with Crippen LogP contribution in [-0.2, 0) is 4.79 Å². The molecule has 0 saturated carbocycles. The lowest BCUT2D eigenvalue weighted by molar-refractivity contribution is -0.118. The molecule has 2 aromatic rings. The molecule has 1 atom stereocenters. The Balaban J connectivity index is 2.28. The number of primary amides is 1. The summed E-state index contributed by atoms with van der Waals surface area (Å²) >= 11 is 0. The molecule has 4 nitrogen and oxygen atoms in total. The Morgan fingerprint density at radius 2 is 2.06 bits per heavy atom. The van der Waals surface area contributed by atoms with Gasteiger partial charge in [0.25, 0.3) is 0 Å². The number of rotatable bonds is 4. The number of aromatic nitrogens is 1. The van der Waals surface area contributed by atoms with Gasteiger partial charge in [0.15, 0.2) is 0 Å². The average molecular weight is 245 g/mol. The van der Waals surface area contributed by atoms with Crippen LogP contribution in [0.1, 0.15) is 11.6 Å². The number of para-hydroxylation sites is 1. The van der Waals surface area contributed by atoms with Crippen LogP contribution in [0.5, 0.6) is 0 Å². The van der Waals surface area contributed by atoms with Crippen molar-refractivity contribution in [2.45, 2.75) is 6.04 Å². The van der Waals surface area contributed by atoms with E-state index in [2.05, 4.69) is 10.3 Å². The molecule has 1 unspecified atom stereocenters. The van der Waals surface area contributed by atoms with Gasteiger partial charge in [0.1, 0.15) is 11.9 Å². The number of carbonyl (C=O) groups is 1. The summed E-state index contributed by atoms with van der Waals surface area (Å²) in [6.07, 6.45) is 3.11. The number of amides is 1. The molecule has 0 bridgehead atoms. The molecule has 1 aromatic heterocycles. The fourth-order valence-electron chi connectivity index (χ4n) is 1.60. The molecule has 1 aromatic carbocycles. The van der Waals surface area contributed by atoms with E-state index in [-0.39, 0.29) is 5.69 Å². The van der Waals surface area contributed by atoms with Crippen LogP contribution in [0.15, 0.2) is 48.8 Å². The van der Waals surface area contributed by atoms with Crippen LogP contribution in [0.4, 0.5) is 10.1 Å². The molecular weight excluding hydrogens is 233 g/mol. The molecule has 18 heavy (non-hydrogen) atoms. The van der Waals surface area contributed by atoms with Crippen LogP contribution in [0, 0.1) is 5.82 Å². The first-order valence-electron chi connectivity index (χ1n) is 5.39. The topological polar surface area (TPSA) is 68.0 Å². The highest BCUT2D eigenvalue weighted by molar-refractivity contribution is 5.84. The van der Waals surface area contributed by atoms with E-state index in [1.165, 1.54) is 12.3 Å². The van der Waals surface area contributed by atoms with Crippen molar-refractivity contribution in [1.82, 2.24) is 4.98 Å². The lowest BCUT2D eigenvalue weighted by Crippen LogP contribution is -2.28. The van der Waals surface area contributed by atoms with Crippen LogP contribution in [0.3, 0.4) is 0 Å². The van der Waals surface area contributed by atoms with Crippen LogP contribution in [-0.4, -0.2) is 10.9 Å². The molecule has 0 aliphatic rings. The van der Waals surface area contributed by atoms with Crippen molar-refractivity contribution < 1.29 is 9.18 Å². The van der Waals surface area contributed by atoms with E-state index in [9.17, 15) is 9.18 Å². The molecule has 0 radical (unpaired) electrons. The van der Waals surface area contributed by atoms with E-state index in [1.807, 2.05) is 0 Å². The van der Waals surface area contributed by atoms with Gasteiger partial charge in [-0.25, -0.2) is 4.39 Å². The van der Waals surface area contributed by atoms with E-state index < -0.39 is 17.8 Å². The zero-order valence-electron chi connectivity index (χ0n) is 9.51. The number of benzene rings is 1. The minimum absolute atomic E-state index is 0.227. The Bertz CT molecular complexity index is 545. The van der Waals surface area contributed by atoms with E-state index >= 15 is 0 Å². The molecule has 1 amide bonds. The standard InChI is InChI=1S/C13H12FN3O/c14-10-5-1-2-6-11(10)17-12(13(15)18)9-4-3-7-16-8-9/h1-8,12,17H,(H2,15,18). The Kier molecular flexibility index (Phi) is 3.52. The predicted molar refractivity (Wildman–Crippen MR) is 66.2 cm³/mol. The van der Waals surface area contributed by atoms with Crippen LogP contribution in [0.2, 0.25) is 0 Å².